The number of hydrogen-bond acceptors (Lipinski definition) is 3. The minimum Gasteiger partial charge on any atom is -0.428 e. The zero-order valence-electron chi connectivity index (χ0n) is 6.70. The van der Waals surface area contributed by atoms with Crippen LogP contribution in [-0.2, 0) is 0 Å². The van der Waals surface area contributed by atoms with Crippen LogP contribution in [0, 0.1) is 0 Å². The highest BCUT2D eigenvalue weighted by molar-refractivity contribution is 9.10. The Balaban J connectivity index is 2.53. The van der Waals surface area contributed by atoms with Gasteiger partial charge < -0.3 is 10.2 Å². The summed E-state index contributed by atoms with van der Waals surface area (Å²) in [7, 11) is 0. The Bertz CT molecular complexity index is 425. The molecule has 4 heteroatoms. The zero-order chi connectivity index (χ0) is 9.26. The molecule has 0 amide bonds. The molecule has 1 heterocycles. The van der Waals surface area contributed by atoms with Crippen LogP contribution in [0.4, 0.5) is 5.88 Å². The van der Waals surface area contributed by atoms with E-state index in [9.17, 15) is 0 Å². The van der Waals surface area contributed by atoms with Gasteiger partial charge in [-0.15, -0.1) is 0 Å². The van der Waals surface area contributed by atoms with Gasteiger partial charge in [0.1, 0.15) is 5.69 Å². The van der Waals surface area contributed by atoms with Gasteiger partial charge >= 0.3 is 0 Å². The molecule has 1 aromatic carbocycles. The lowest BCUT2D eigenvalue weighted by Gasteiger charge is -1.97. The third kappa shape index (κ3) is 1.58. The normalized spacial score (nSPS) is 10.2. The van der Waals surface area contributed by atoms with Crippen molar-refractivity contribution in [2.24, 2.45) is 0 Å². The molecule has 0 fully saturated rings. The van der Waals surface area contributed by atoms with E-state index in [-0.39, 0.29) is 0 Å². The van der Waals surface area contributed by atoms with Crippen molar-refractivity contribution in [2.75, 3.05) is 5.73 Å². The summed E-state index contributed by atoms with van der Waals surface area (Å²) >= 11 is 3.37. The summed E-state index contributed by atoms with van der Waals surface area (Å²) in [5, 5.41) is 0. The molecule has 1 aromatic heterocycles. The number of rotatable bonds is 1. The quantitative estimate of drug-likeness (QED) is 0.832. The molecule has 2 aromatic rings. The lowest BCUT2D eigenvalue weighted by Crippen LogP contribution is -1.85. The second-order valence-electron chi connectivity index (χ2n) is 2.58. The van der Waals surface area contributed by atoms with Crippen LogP contribution in [0.25, 0.3) is 11.3 Å². The van der Waals surface area contributed by atoms with Crippen molar-refractivity contribution in [3.63, 3.8) is 0 Å². The van der Waals surface area contributed by atoms with Crippen molar-refractivity contribution in [2.45, 2.75) is 0 Å². The molecule has 0 saturated carbocycles. The monoisotopic (exact) mass is 238 g/mol. The number of nitrogen functional groups attached to an aromatic ring is 1. The van der Waals surface area contributed by atoms with E-state index >= 15 is 0 Å². The molecule has 0 saturated heterocycles. The molecule has 13 heavy (non-hydrogen) atoms. The first-order valence-corrected chi connectivity index (χ1v) is 4.51. The zero-order valence-corrected chi connectivity index (χ0v) is 8.28. The fourth-order valence-corrected chi connectivity index (χ4v) is 1.51. The molecule has 0 radical (unpaired) electrons. The third-order valence-corrected chi connectivity index (χ3v) is 2.19. The average molecular weight is 239 g/mol. The lowest BCUT2D eigenvalue weighted by molar-refractivity contribution is 0.577. The van der Waals surface area contributed by atoms with Gasteiger partial charge in [-0.3, -0.25) is 0 Å². The van der Waals surface area contributed by atoms with Gasteiger partial charge in [-0.2, -0.15) is 0 Å². The van der Waals surface area contributed by atoms with Crippen molar-refractivity contribution in [3.8, 4) is 11.3 Å². The molecule has 0 spiro atoms. The number of anilines is 1. The Morgan fingerprint density at radius 2 is 2.23 bits per heavy atom. The van der Waals surface area contributed by atoms with Gasteiger partial charge in [0, 0.05) is 10.0 Å². The summed E-state index contributed by atoms with van der Waals surface area (Å²) in [5.41, 5.74) is 7.20. The number of nitrogens with zero attached hydrogens (tertiary/aromatic N) is 1. The third-order valence-electron chi connectivity index (χ3n) is 1.69. The van der Waals surface area contributed by atoms with Crippen LogP contribution in [-0.4, -0.2) is 4.98 Å². The second kappa shape index (κ2) is 3.22. The second-order valence-corrected chi connectivity index (χ2v) is 3.49. The summed E-state index contributed by atoms with van der Waals surface area (Å²) in [6.45, 7) is 0. The smallest absolute Gasteiger partial charge is 0.218 e. The predicted molar refractivity (Wildman–Crippen MR) is 54.1 cm³/mol. The molecule has 0 aliphatic carbocycles. The number of halogens is 1. The molecule has 0 unspecified atom stereocenters. The molecular formula is C9H7BrN2O. The first-order chi connectivity index (χ1) is 6.27. The Morgan fingerprint density at radius 3 is 2.85 bits per heavy atom. The Hall–Kier alpha value is -1.29. The van der Waals surface area contributed by atoms with Crippen molar-refractivity contribution in [1.82, 2.24) is 4.98 Å². The van der Waals surface area contributed by atoms with Crippen molar-refractivity contribution in [1.29, 1.82) is 0 Å². The van der Waals surface area contributed by atoms with Crippen LogP contribution >= 0.6 is 15.9 Å². The minimum absolute atomic E-state index is 0.345. The maximum atomic E-state index is 5.58. The highest BCUT2D eigenvalue weighted by atomic mass is 79.9. The summed E-state index contributed by atoms with van der Waals surface area (Å²) in [6.07, 6.45) is 1.34. The van der Waals surface area contributed by atoms with Gasteiger partial charge in [0.2, 0.25) is 5.88 Å². The predicted octanol–water partition coefficient (Wildman–Crippen LogP) is 2.69. The fraction of sp³-hybridized carbons (Fsp3) is 0. The summed E-state index contributed by atoms with van der Waals surface area (Å²) in [5.74, 6) is 0.345. The molecule has 0 bridgehead atoms. The van der Waals surface area contributed by atoms with E-state index in [0.717, 1.165) is 10.0 Å². The SMILES string of the molecule is Nc1ocnc1-c1cccc(Br)c1. The van der Waals surface area contributed by atoms with Gasteiger partial charge in [0.25, 0.3) is 0 Å². The number of benzene rings is 1. The van der Waals surface area contributed by atoms with E-state index in [1.807, 2.05) is 24.3 Å². The van der Waals surface area contributed by atoms with E-state index in [1.54, 1.807) is 0 Å². The van der Waals surface area contributed by atoms with Gasteiger partial charge in [-0.1, -0.05) is 28.1 Å². The van der Waals surface area contributed by atoms with Crippen LogP contribution < -0.4 is 5.73 Å². The van der Waals surface area contributed by atoms with Crippen LogP contribution in [0.1, 0.15) is 0 Å². The van der Waals surface area contributed by atoms with Crippen LogP contribution in [0.5, 0.6) is 0 Å². The molecule has 2 rings (SSSR count). The molecule has 66 valence electrons. The van der Waals surface area contributed by atoms with Crippen molar-refractivity contribution >= 4 is 21.8 Å². The highest BCUT2D eigenvalue weighted by Crippen LogP contribution is 2.25. The first-order valence-electron chi connectivity index (χ1n) is 3.72. The minimum atomic E-state index is 0.345. The number of aromatic nitrogens is 1. The van der Waals surface area contributed by atoms with Gasteiger partial charge in [-0.25, -0.2) is 4.98 Å². The molecule has 3 nitrogen and oxygen atoms in total. The summed E-state index contributed by atoms with van der Waals surface area (Å²) < 4.78 is 5.90. The van der Waals surface area contributed by atoms with Crippen molar-refractivity contribution in [3.05, 3.63) is 35.1 Å². The molecular weight excluding hydrogens is 232 g/mol. The largest absolute Gasteiger partial charge is 0.428 e. The van der Waals surface area contributed by atoms with Crippen LogP contribution in [0.3, 0.4) is 0 Å². The molecule has 0 atom stereocenters. The van der Waals surface area contributed by atoms with Gasteiger partial charge in [-0.05, 0) is 12.1 Å². The maximum absolute atomic E-state index is 5.58. The highest BCUT2D eigenvalue weighted by Gasteiger charge is 2.06. The standard InChI is InChI=1S/C9H7BrN2O/c10-7-3-1-2-6(4-7)8-9(11)13-5-12-8/h1-5H,11H2. The first kappa shape index (κ1) is 8.31. The summed E-state index contributed by atoms with van der Waals surface area (Å²) in [4.78, 5) is 4.01. The summed E-state index contributed by atoms with van der Waals surface area (Å²) in [6, 6.07) is 7.74. The van der Waals surface area contributed by atoms with Crippen molar-refractivity contribution < 1.29 is 4.42 Å². The van der Waals surface area contributed by atoms with Crippen LogP contribution in [0.15, 0.2) is 39.5 Å². The van der Waals surface area contributed by atoms with E-state index in [1.165, 1.54) is 6.39 Å². The maximum Gasteiger partial charge on any atom is 0.218 e. The number of oxazole rings is 1. The van der Waals surface area contributed by atoms with E-state index in [4.69, 9.17) is 10.2 Å². The Kier molecular flexibility index (Phi) is 2.06. The fourth-order valence-electron chi connectivity index (χ4n) is 1.11. The molecule has 2 N–H and O–H groups in total. The Morgan fingerprint density at radius 1 is 1.38 bits per heavy atom. The van der Waals surface area contributed by atoms with E-state index in [2.05, 4.69) is 20.9 Å². The molecule has 0 aliphatic rings. The number of nitrogens with two attached hydrogens (primary N) is 1. The lowest BCUT2D eigenvalue weighted by atomic mass is 10.2. The van der Waals surface area contributed by atoms with E-state index in [0.29, 0.717) is 11.6 Å². The molecule has 0 aliphatic heterocycles. The van der Waals surface area contributed by atoms with E-state index < -0.39 is 0 Å². The van der Waals surface area contributed by atoms with Gasteiger partial charge in [0.05, 0.1) is 0 Å². The average Bonchev–Trinajstić information content (AvgIpc) is 2.51. The van der Waals surface area contributed by atoms with Crippen LogP contribution in [0.2, 0.25) is 0 Å². The number of hydrogen-bond donors (Lipinski definition) is 1. The Labute approximate surface area is 83.7 Å². The topological polar surface area (TPSA) is 52.0 Å². The van der Waals surface area contributed by atoms with Gasteiger partial charge in [0.15, 0.2) is 6.39 Å².